The summed E-state index contributed by atoms with van der Waals surface area (Å²) in [4.78, 5) is 26.2. The van der Waals surface area contributed by atoms with E-state index < -0.39 is 0 Å². The highest BCUT2D eigenvalue weighted by Gasteiger charge is 2.14. The van der Waals surface area contributed by atoms with Gasteiger partial charge in [-0.3, -0.25) is 9.59 Å². The number of nitrogens with zero attached hydrogens (tertiary/aromatic N) is 2. The van der Waals surface area contributed by atoms with E-state index in [1.807, 2.05) is 103 Å². The molecule has 2 amide bonds. The minimum Gasteiger partial charge on any atom is -0.348 e. The Morgan fingerprint density at radius 3 is 2.09 bits per heavy atom. The fraction of sp³-hybridized carbons (Fsp3) is 0.0541. The Morgan fingerprint density at radius 1 is 0.674 bits per heavy atom. The number of anilines is 1. The number of aromatic nitrogens is 2. The van der Waals surface area contributed by atoms with Crippen molar-refractivity contribution in [3.8, 4) is 28.1 Å². The van der Waals surface area contributed by atoms with E-state index in [-0.39, 0.29) is 11.8 Å². The number of amides is 2. The van der Waals surface area contributed by atoms with Gasteiger partial charge in [0, 0.05) is 28.9 Å². The van der Waals surface area contributed by atoms with Gasteiger partial charge >= 0.3 is 0 Å². The van der Waals surface area contributed by atoms with Gasteiger partial charge in [0.25, 0.3) is 11.8 Å². The lowest BCUT2D eigenvalue weighted by Gasteiger charge is -2.12. The molecule has 0 aliphatic carbocycles. The van der Waals surface area contributed by atoms with Crippen LogP contribution in [0.1, 0.15) is 32.0 Å². The van der Waals surface area contributed by atoms with E-state index in [9.17, 15) is 9.59 Å². The third kappa shape index (κ3) is 6.29. The van der Waals surface area contributed by atoms with Gasteiger partial charge in [0.2, 0.25) is 0 Å². The zero-order valence-corrected chi connectivity index (χ0v) is 23.7. The lowest BCUT2D eigenvalue weighted by Crippen LogP contribution is -2.23. The summed E-state index contributed by atoms with van der Waals surface area (Å²) in [6.45, 7) is 2.35. The van der Waals surface area contributed by atoms with Crippen molar-refractivity contribution in [3.05, 3.63) is 162 Å². The van der Waals surface area contributed by atoms with Crippen molar-refractivity contribution >= 4 is 17.5 Å². The first-order valence-electron chi connectivity index (χ1n) is 14.1. The monoisotopic (exact) mass is 562 g/mol. The molecule has 5 aromatic carbocycles. The summed E-state index contributed by atoms with van der Waals surface area (Å²) in [5.74, 6) is -0.459. The molecule has 0 spiro atoms. The highest BCUT2D eigenvalue weighted by Crippen LogP contribution is 2.26. The van der Waals surface area contributed by atoms with Crippen LogP contribution >= 0.6 is 0 Å². The molecule has 6 nitrogen and oxygen atoms in total. The number of hydrogen-bond donors (Lipinski definition) is 2. The van der Waals surface area contributed by atoms with Crippen LogP contribution in [-0.2, 0) is 6.54 Å². The van der Waals surface area contributed by atoms with Crippen LogP contribution in [0.2, 0.25) is 0 Å². The van der Waals surface area contributed by atoms with Crippen LogP contribution in [0.25, 0.3) is 28.1 Å². The van der Waals surface area contributed by atoms with Crippen LogP contribution in [0.15, 0.2) is 140 Å². The van der Waals surface area contributed by atoms with Gasteiger partial charge < -0.3 is 10.6 Å². The fourth-order valence-corrected chi connectivity index (χ4v) is 5.04. The van der Waals surface area contributed by atoms with Gasteiger partial charge in [-0.2, -0.15) is 5.10 Å². The van der Waals surface area contributed by atoms with Gasteiger partial charge in [-0.25, -0.2) is 4.68 Å². The summed E-state index contributed by atoms with van der Waals surface area (Å²) in [5.41, 5.74) is 8.35. The first-order valence-corrected chi connectivity index (χ1v) is 14.1. The normalized spacial score (nSPS) is 10.7. The molecule has 0 bridgehead atoms. The summed E-state index contributed by atoms with van der Waals surface area (Å²) in [5, 5.41) is 10.6. The third-order valence-electron chi connectivity index (χ3n) is 7.17. The zero-order valence-electron chi connectivity index (χ0n) is 23.7. The van der Waals surface area contributed by atoms with Crippen molar-refractivity contribution in [2.75, 3.05) is 5.32 Å². The second-order valence-corrected chi connectivity index (χ2v) is 10.2. The minimum atomic E-state index is -0.236. The van der Waals surface area contributed by atoms with E-state index in [1.165, 1.54) is 0 Å². The van der Waals surface area contributed by atoms with Gasteiger partial charge in [-0.15, -0.1) is 0 Å². The largest absolute Gasteiger partial charge is 0.348 e. The molecule has 6 heteroatoms. The van der Waals surface area contributed by atoms with E-state index in [4.69, 9.17) is 0 Å². The molecule has 0 unspecified atom stereocenters. The van der Waals surface area contributed by atoms with Crippen LogP contribution in [0.5, 0.6) is 0 Å². The lowest BCUT2D eigenvalue weighted by molar-refractivity contribution is 0.0949. The van der Waals surface area contributed by atoms with Crippen molar-refractivity contribution in [3.63, 3.8) is 0 Å². The summed E-state index contributed by atoms with van der Waals surface area (Å²) < 4.78 is 1.94. The number of carbonyl (C=O) groups excluding carboxylic acids is 2. The molecule has 210 valence electrons. The average molecular weight is 563 g/mol. The lowest BCUT2D eigenvalue weighted by atomic mass is 9.99. The molecular weight excluding hydrogens is 532 g/mol. The molecule has 6 rings (SSSR count). The quantitative estimate of drug-likeness (QED) is 0.200. The molecule has 43 heavy (non-hydrogen) atoms. The number of carbonyl (C=O) groups is 2. The molecule has 0 saturated carbocycles. The summed E-state index contributed by atoms with van der Waals surface area (Å²) in [6, 6.07) is 44.5. The van der Waals surface area contributed by atoms with Gasteiger partial charge in [0.1, 0.15) is 0 Å². The Bertz CT molecular complexity index is 1880. The van der Waals surface area contributed by atoms with Crippen molar-refractivity contribution in [1.29, 1.82) is 0 Å². The summed E-state index contributed by atoms with van der Waals surface area (Å²) in [6.07, 6.45) is 0. The fourth-order valence-electron chi connectivity index (χ4n) is 5.04. The molecule has 0 aliphatic rings. The van der Waals surface area contributed by atoms with E-state index in [0.717, 1.165) is 39.3 Å². The average Bonchev–Trinajstić information content (AvgIpc) is 3.46. The number of benzene rings is 5. The topological polar surface area (TPSA) is 76.0 Å². The standard InChI is InChI=1S/C37H30N4O2/c1-26-23-35(29-13-6-3-7-14-29)41(40-26)32-21-19-27(20-22-32)25-38-36(42)30-15-10-16-31(24-30)39-37(43)34-18-9-8-17-33(34)28-11-4-2-5-12-28/h2-24H,25H2,1H3,(H,38,42)(H,39,43). The predicted octanol–water partition coefficient (Wildman–Crippen LogP) is 7.70. The number of aryl methyl sites for hydroxylation is 1. The highest BCUT2D eigenvalue weighted by molar-refractivity contribution is 6.09. The van der Waals surface area contributed by atoms with Gasteiger partial charge in [-0.1, -0.05) is 97.1 Å². The van der Waals surface area contributed by atoms with Crippen LogP contribution in [-0.4, -0.2) is 21.6 Å². The molecule has 1 heterocycles. The van der Waals surface area contributed by atoms with E-state index in [2.05, 4.69) is 33.9 Å². The number of hydrogen-bond acceptors (Lipinski definition) is 3. The van der Waals surface area contributed by atoms with Crippen LogP contribution in [0.4, 0.5) is 5.69 Å². The zero-order chi connectivity index (χ0) is 29.6. The number of nitrogens with one attached hydrogen (secondary N) is 2. The Hall–Kier alpha value is -5.75. The van der Waals surface area contributed by atoms with Crippen molar-refractivity contribution in [1.82, 2.24) is 15.1 Å². The van der Waals surface area contributed by atoms with Crippen molar-refractivity contribution in [2.24, 2.45) is 0 Å². The first-order chi connectivity index (χ1) is 21.0. The SMILES string of the molecule is Cc1cc(-c2ccccc2)n(-c2ccc(CNC(=O)c3cccc(NC(=O)c4ccccc4-c4ccccc4)c3)cc2)n1. The molecule has 0 radical (unpaired) electrons. The Balaban J connectivity index is 1.11. The van der Waals surface area contributed by atoms with Gasteiger partial charge in [0.15, 0.2) is 0 Å². The van der Waals surface area contributed by atoms with Crippen LogP contribution < -0.4 is 10.6 Å². The second-order valence-electron chi connectivity index (χ2n) is 10.2. The molecular formula is C37H30N4O2. The Morgan fingerprint density at radius 2 is 1.35 bits per heavy atom. The maximum absolute atomic E-state index is 13.2. The molecule has 6 aromatic rings. The molecule has 0 atom stereocenters. The molecule has 0 fully saturated rings. The minimum absolute atomic E-state index is 0.223. The summed E-state index contributed by atoms with van der Waals surface area (Å²) in [7, 11) is 0. The second kappa shape index (κ2) is 12.4. The van der Waals surface area contributed by atoms with Crippen molar-refractivity contribution in [2.45, 2.75) is 13.5 Å². The molecule has 2 N–H and O–H groups in total. The van der Waals surface area contributed by atoms with Crippen molar-refractivity contribution < 1.29 is 9.59 Å². The van der Waals surface area contributed by atoms with Gasteiger partial charge in [0.05, 0.1) is 17.1 Å². The molecule has 0 saturated heterocycles. The molecule has 0 aliphatic heterocycles. The Kier molecular flexibility index (Phi) is 7.91. The van der Waals surface area contributed by atoms with Crippen LogP contribution in [0.3, 0.4) is 0 Å². The van der Waals surface area contributed by atoms with E-state index in [1.54, 1.807) is 30.3 Å². The Labute approximate surface area is 250 Å². The predicted molar refractivity (Wildman–Crippen MR) is 171 cm³/mol. The summed E-state index contributed by atoms with van der Waals surface area (Å²) >= 11 is 0. The van der Waals surface area contributed by atoms with Gasteiger partial charge in [-0.05, 0) is 66.1 Å². The molecule has 1 aromatic heterocycles. The highest BCUT2D eigenvalue weighted by atomic mass is 16.2. The maximum Gasteiger partial charge on any atom is 0.256 e. The van der Waals surface area contributed by atoms with E-state index in [0.29, 0.717) is 23.4 Å². The first kappa shape index (κ1) is 27.4. The third-order valence-corrected chi connectivity index (χ3v) is 7.17. The van der Waals surface area contributed by atoms with Crippen LogP contribution in [0, 0.1) is 6.92 Å². The smallest absolute Gasteiger partial charge is 0.256 e. The van der Waals surface area contributed by atoms with E-state index >= 15 is 0 Å². The number of rotatable bonds is 8. The maximum atomic E-state index is 13.2.